The Balaban J connectivity index is 2.16. The number of nitrogens with zero attached hydrogens (tertiary/aromatic N) is 1. The van der Waals surface area contributed by atoms with Gasteiger partial charge in [0.2, 0.25) is 0 Å². The maximum absolute atomic E-state index is 13.8. The van der Waals surface area contributed by atoms with Gasteiger partial charge in [0.25, 0.3) is 5.91 Å². The Morgan fingerprint density at radius 2 is 2.14 bits per heavy atom. The number of rotatable bonds is 5. The predicted octanol–water partition coefficient (Wildman–Crippen LogP) is 3.03. The van der Waals surface area contributed by atoms with Crippen LogP contribution >= 0.6 is 11.3 Å². The van der Waals surface area contributed by atoms with Gasteiger partial charge in [-0.1, -0.05) is 13.0 Å². The molecule has 0 bridgehead atoms. The number of carboxylic acids is 1. The van der Waals surface area contributed by atoms with Crippen LogP contribution in [-0.4, -0.2) is 22.0 Å². The number of thiazole rings is 1. The monoisotopic (exact) mass is 322 g/mol. The molecule has 0 atom stereocenters. The summed E-state index contributed by atoms with van der Waals surface area (Å²) < 4.78 is 13.8. The Morgan fingerprint density at radius 1 is 1.41 bits per heavy atom. The minimum atomic E-state index is -1.11. The first-order valence-electron chi connectivity index (χ1n) is 6.68. The first-order valence-corrected chi connectivity index (χ1v) is 7.50. The zero-order valence-electron chi connectivity index (χ0n) is 12.1. The van der Waals surface area contributed by atoms with Gasteiger partial charge in [-0.25, -0.2) is 9.37 Å². The van der Waals surface area contributed by atoms with E-state index in [0.717, 1.165) is 17.5 Å². The highest BCUT2D eigenvalue weighted by Gasteiger charge is 2.15. The zero-order chi connectivity index (χ0) is 16.3. The summed E-state index contributed by atoms with van der Waals surface area (Å²) in [5, 5.41) is 12.1. The fourth-order valence-corrected chi connectivity index (χ4v) is 2.83. The van der Waals surface area contributed by atoms with Crippen LogP contribution in [0, 0.1) is 12.7 Å². The predicted molar refractivity (Wildman–Crippen MR) is 81.9 cm³/mol. The van der Waals surface area contributed by atoms with Crippen molar-refractivity contribution in [2.75, 3.05) is 5.32 Å². The van der Waals surface area contributed by atoms with Crippen molar-refractivity contribution in [1.29, 1.82) is 0 Å². The van der Waals surface area contributed by atoms with E-state index in [9.17, 15) is 14.0 Å². The molecule has 0 aliphatic heterocycles. The van der Waals surface area contributed by atoms with Crippen LogP contribution in [-0.2, 0) is 17.6 Å². The van der Waals surface area contributed by atoms with Crippen molar-refractivity contribution in [2.45, 2.75) is 26.7 Å². The highest BCUT2D eigenvalue weighted by molar-refractivity contribution is 7.13. The summed E-state index contributed by atoms with van der Waals surface area (Å²) in [4.78, 5) is 27.5. The van der Waals surface area contributed by atoms with Crippen molar-refractivity contribution >= 4 is 28.9 Å². The van der Waals surface area contributed by atoms with E-state index >= 15 is 0 Å². The van der Waals surface area contributed by atoms with Crippen molar-refractivity contribution in [3.63, 3.8) is 0 Å². The summed E-state index contributed by atoms with van der Waals surface area (Å²) in [6, 6.07) is 3.96. The lowest BCUT2D eigenvalue weighted by Crippen LogP contribution is -2.12. The number of hydrogen-bond donors (Lipinski definition) is 2. The summed E-state index contributed by atoms with van der Waals surface area (Å²) in [5.41, 5.74) is 0.998. The molecule has 1 heterocycles. The molecule has 116 valence electrons. The van der Waals surface area contributed by atoms with Crippen LogP contribution in [0.5, 0.6) is 0 Å². The molecule has 0 aliphatic rings. The lowest BCUT2D eigenvalue weighted by Gasteiger charge is -2.06. The number of halogens is 1. The number of aromatic nitrogens is 1. The standard InChI is InChI=1S/C15H15FN2O3S/c1-3-12-17-8(2)14(22-12)15(21)18-10-5-4-9(6-13(19)20)11(16)7-10/h4-5,7H,3,6H2,1-2H3,(H,18,21)(H,19,20). The molecule has 2 N–H and O–H groups in total. The minimum absolute atomic E-state index is 0.0766. The summed E-state index contributed by atoms with van der Waals surface area (Å²) >= 11 is 1.31. The summed E-state index contributed by atoms with van der Waals surface area (Å²) in [6.45, 7) is 3.71. The van der Waals surface area contributed by atoms with E-state index in [1.165, 1.54) is 23.5 Å². The van der Waals surface area contributed by atoms with Gasteiger partial charge < -0.3 is 10.4 Å². The van der Waals surface area contributed by atoms with Gasteiger partial charge in [0, 0.05) is 5.69 Å². The highest BCUT2D eigenvalue weighted by atomic mass is 32.1. The first kappa shape index (κ1) is 16.1. The van der Waals surface area contributed by atoms with Crippen LogP contribution in [0.3, 0.4) is 0 Å². The molecule has 2 rings (SSSR count). The van der Waals surface area contributed by atoms with E-state index in [4.69, 9.17) is 5.11 Å². The summed E-state index contributed by atoms with van der Waals surface area (Å²) in [6.07, 6.45) is 0.352. The SMILES string of the molecule is CCc1nc(C)c(C(=O)Nc2ccc(CC(=O)O)c(F)c2)s1. The van der Waals surface area contributed by atoms with Crippen molar-refractivity contribution < 1.29 is 19.1 Å². The van der Waals surface area contributed by atoms with Gasteiger partial charge in [0.15, 0.2) is 0 Å². The largest absolute Gasteiger partial charge is 0.481 e. The number of amides is 1. The second-order valence-corrected chi connectivity index (χ2v) is 5.79. The Morgan fingerprint density at radius 3 is 2.68 bits per heavy atom. The molecule has 1 aromatic carbocycles. The van der Waals surface area contributed by atoms with E-state index in [1.54, 1.807) is 6.92 Å². The van der Waals surface area contributed by atoms with Gasteiger partial charge in [-0.05, 0) is 31.0 Å². The molecule has 1 amide bonds. The number of aryl methyl sites for hydroxylation is 2. The van der Waals surface area contributed by atoms with Crippen LogP contribution in [0.2, 0.25) is 0 Å². The topological polar surface area (TPSA) is 79.3 Å². The molecule has 2 aromatic rings. The Hall–Kier alpha value is -2.28. The van der Waals surface area contributed by atoms with Gasteiger partial charge in [-0.15, -0.1) is 11.3 Å². The molecule has 0 spiro atoms. The quantitative estimate of drug-likeness (QED) is 0.887. The van der Waals surface area contributed by atoms with Gasteiger partial charge in [0.1, 0.15) is 10.7 Å². The molecule has 0 radical (unpaired) electrons. The lowest BCUT2D eigenvalue weighted by molar-refractivity contribution is -0.136. The van der Waals surface area contributed by atoms with Crippen molar-refractivity contribution in [2.24, 2.45) is 0 Å². The smallest absolute Gasteiger partial charge is 0.307 e. The van der Waals surface area contributed by atoms with Crippen molar-refractivity contribution in [3.05, 3.63) is 45.2 Å². The number of hydrogen-bond acceptors (Lipinski definition) is 4. The molecule has 7 heteroatoms. The molecule has 0 aliphatic carbocycles. The molecule has 22 heavy (non-hydrogen) atoms. The Kier molecular flexibility index (Phi) is 4.87. The third-order valence-electron chi connectivity index (χ3n) is 3.00. The molecule has 0 unspecified atom stereocenters. The van der Waals surface area contributed by atoms with Crippen LogP contribution < -0.4 is 5.32 Å². The van der Waals surface area contributed by atoms with E-state index in [2.05, 4.69) is 10.3 Å². The van der Waals surface area contributed by atoms with Crippen molar-refractivity contribution in [1.82, 2.24) is 4.98 Å². The molecule has 1 aromatic heterocycles. The van der Waals surface area contributed by atoms with Crippen LogP contribution in [0.1, 0.15) is 32.9 Å². The number of benzene rings is 1. The molecule has 0 fully saturated rings. The van der Waals surface area contributed by atoms with Gasteiger partial charge in [-0.3, -0.25) is 9.59 Å². The van der Waals surface area contributed by atoms with E-state index < -0.39 is 18.2 Å². The van der Waals surface area contributed by atoms with Crippen LogP contribution in [0.15, 0.2) is 18.2 Å². The first-order chi connectivity index (χ1) is 10.4. The summed E-state index contributed by atoms with van der Waals surface area (Å²) in [5.74, 6) is -2.11. The zero-order valence-corrected chi connectivity index (χ0v) is 13.0. The lowest BCUT2D eigenvalue weighted by atomic mass is 10.1. The molecule has 0 saturated carbocycles. The molecule has 5 nitrogen and oxygen atoms in total. The average Bonchev–Trinajstić information content (AvgIpc) is 2.83. The summed E-state index contributed by atoms with van der Waals surface area (Å²) in [7, 11) is 0. The molecular formula is C15H15FN2O3S. The van der Waals surface area contributed by atoms with Crippen LogP contribution in [0.4, 0.5) is 10.1 Å². The molecular weight excluding hydrogens is 307 g/mol. The highest BCUT2D eigenvalue weighted by Crippen LogP contribution is 2.21. The van der Waals surface area contributed by atoms with E-state index in [1.807, 2.05) is 6.92 Å². The fourth-order valence-electron chi connectivity index (χ4n) is 1.93. The Bertz CT molecular complexity index is 728. The maximum atomic E-state index is 13.8. The van der Waals surface area contributed by atoms with Gasteiger partial charge in [-0.2, -0.15) is 0 Å². The number of carboxylic acid groups (broad SMARTS) is 1. The van der Waals surface area contributed by atoms with E-state index in [0.29, 0.717) is 10.6 Å². The molecule has 0 saturated heterocycles. The average molecular weight is 322 g/mol. The van der Waals surface area contributed by atoms with Crippen LogP contribution in [0.25, 0.3) is 0 Å². The normalized spacial score (nSPS) is 10.5. The third-order valence-corrected chi connectivity index (χ3v) is 4.30. The van der Waals surface area contributed by atoms with Crippen molar-refractivity contribution in [3.8, 4) is 0 Å². The number of aliphatic carboxylic acids is 1. The second kappa shape index (κ2) is 6.65. The Labute approximate surface area is 130 Å². The number of carbonyl (C=O) groups excluding carboxylic acids is 1. The number of nitrogens with one attached hydrogen (secondary N) is 1. The fraction of sp³-hybridized carbons (Fsp3) is 0.267. The number of anilines is 1. The third kappa shape index (κ3) is 3.67. The van der Waals surface area contributed by atoms with Gasteiger partial charge in [0.05, 0.1) is 17.1 Å². The van der Waals surface area contributed by atoms with Gasteiger partial charge >= 0.3 is 5.97 Å². The van der Waals surface area contributed by atoms with E-state index in [-0.39, 0.29) is 17.2 Å². The second-order valence-electron chi connectivity index (χ2n) is 4.71. The number of carbonyl (C=O) groups is 2. The minimum Gasteiger partial charge on any atom is -0.481 e. The maximum Gasteiger partial charge on any atom is 0.307 e.